The zero-order chi connectivity index (χ0) is 9.90. The molecule has 1 rings (SSSR count). The highest BCUT2D eigenvalue weighted by Gasteiger charge is 2.11. The maximum Gasteiger partial charge on any atom is 0.276 e. The topological polar surface area (TPSA) is 76.3 Å². The van der Waals surface area contributed by atoms with Crippen LogP contribution in [0.3, 0.4) is 0 Å². The monoisotopic (exact) mass is 201 g/mol. The third kappa shape index (κ3) is 3.10. The van der Waals surface area contributed by atoms with Gasteiger partial charge in [0.15, 0.2) is 0 Å². The summed E-state index contributed by atoms with van der Waals surface area (Å²) in [5.41, 5.74) is 0.805. The standard InChI is InChI=1S/C7H11N3O2S/c1-10(13(8,11)12)6-7-3-2-4-9-5-7/h2-5H,6H2,1H3,(H2,8,11,12). The molecular weight excluding hydrogens is 190 g/mol. The van der Waals surface area contributed by atoms with E-state index >= 15 is 0 Å². The number of nitrogens with zero attached hydrogens (tertiary/aromatic N) is 2. The van der Waals surface area contributed by atoms with E-state index in [1.165, 1.54) is 7.05 Å². The van der Waals surface area contributed by atoms with Crippen LogP contribution in [-0.4, -0.2) is 24.8 Å². The summed E-state index contributed by atoms with van der Waals surface area (Å²) in [4.78, 5) is 3.86. The van der Waals surface area contributed by atoms with Crippen molar-refractivity contribution in [1.29, 1.82) is 0 Å². The van der Waals surface area contributed by atoms with E-state index in [1.54, 1.807) is 24.5 Å². The quantitative estimate of drug-likeness (QED) is 0.730. The molecule has 0 spiro atoms. The number of hydrogen-bond acceptors (Lipinski definition) is 3. The molecule has 5 nitrogen and oxygen atoms in total. The summed E-state index contributed by atoms with van der Waals surface area (Å²) in [6.45, 7) is 0.243. The average molecular weight is 201 g/mol. The molecule has 0 aliphatic heterocycles. The SMILES string of the molecule is CN(Cc1cccnc1)S(N)(=O)=O. The third-order valence-corrected chi connectivity index (χ3v) is 2.56. The van der Waals surface area contributed by atoms with E-state index in [2.05, 4.69) is 4.98 Å². The average Bonchev–Trinajstić information content (AvgIpc) is 2.04. The lowest BCUT2D eigenvalue weighted by Gasteiger charge is -2.12. The molecule has 1 heterocycles. The van der Waals surface area contributed by atoms with E-state index in [9.17, 15) is 8.42 Å². The van der Waals surface area contributed by atoms with Crippen molar-refractivity contribution < 1.29 is 8.42 Å². The Kier molecular flexibility index (Phi) is 2.97. The minimum absolute atomic E-state index is 0.243. The highest BCUT2D eigenvalue weighted by Crippen LogP contribution is 2.01. The van der Waals surface area contributed by atoms with Crippen LogP contribution in [0.2, 0.25) is 0 Å². The van der Waals surface area contributed by atoms with Gasteiger partial charge in [-0.05, 0) is 11.6 Å². The van der Waals surface area contributed by atoms with Crippen LogP contribution in [0.4, 0.5) is 0 Å². The normalized spacial score (nSPS) is 11.9. The van der Waals surface area contributed by atoms with Crippen LogP contribution >= 0.6 is 0 Å². The van der Waals surface area contributed by atoms with E-state index in [0.717, 1.165) is 9.87 Å². The van der Waals surface area contributed by atoms with Crippen molar-refractivity contribution >= 4 is 10.2 Å². The number of hydrogen-bond donors (Lipinski definition) is 1. The molecule has 1 aromatic heterocycles. The Morgan fingerprint density at radius 1 is 1.62 bits per heavy atom. The van der Waals surface area contributed by atoms with Gasteiger partial charge in [-0.2, -0.15) is 12.7 Å². The summed E-state index contributed by atoms with van der Waals surface area (Å²) < 4.78 is 22.7. The lowest BCUT2D eigenvalue weighted by atomic mass is 10.3. The first kappa shape index (κ1) is 10.1. The Bertz CT molecular complexity index is 363. The molecule has 0 fully saturated rings. The first-order valence-corrected chi connectivity index (χ1v) is 5.13. The predicted octanol–water partition coefficient (Wildman–Crippen LogP) is -0.283. The van der Waals surface area contributed by atoms with Crippen LogP contribution in [0.15, 0.2) is 24.5 Å². The van der Waals surface area contributed by atoms with E-state index in [1.807, 2.05) is 0 Å². The fourth-order valence-corrected chi connectivity index (χ4v) is 1.17. The summed E-state index contributed by atoms with van der Waals surface area (Å²) in [6.07, 6.45) is 3.22. The highest BCUT2D eigenvalue weighted by molar-refractivity contribution is 7.86. The molecule has 1 aromatic rings. The van der Waals surface area contributed by atoms with Gasteiger partial charge >= 0.3 is 0 Å². The lowest BCUT2D eigenvalue weighted by molar-refractivity contribution is 0.467. The van der Waals surface area contributed by atoms with Crippen molar-refractivity contribution in [3.05, 3.63) is 30.1 Å². The second kappa shape index (κ2) is 3.82. The molecule has 0 bridgehead atoms. The Morgan fingerprint density at radius 3 is 2.77 bits per heavy atom. The molecule has 0 amide bonds. The Balaban J connectivity index is 2.72. The smallest absolute Gasteiger partial charge is 0.264 e. The fourth-order valence-electron chi connectivity index (χ4n) is 0.839. The first-order chi connectivity index (χ1) is 6.00. The zero-order valence-electron chi connectivity index (χ0n) is 7.21. The predicted molar refractivity (Wildman–Crippen MR) is 48.8 cm³/mol. The maximum atomic E-state index is 10.8. The van der Waals surface area contributed by atoms with Crippen LogP contribution in [0.5, 0.6) is 0 Å². The van der Waals surface area contributed by atoms with Crippen molar-refractivity contribution in [2.45, 2.75) is 6.54 Å². The van der Waals surface area contributed by atoms with Gasteiger partial charge in [-0.1, -0.05) is 6.07 Å². The van der Waals surface area contributed by atoms with Gasteiger partial charge in [-0.25, -0.2) is 5.14 Å². The summed E-state index contributed by atoms with van der Waals surface area (Å²) >= 11 is 0. The van der Waals surface area contributed by atoms with Gasteiger partial charge in [0, 0.05) is 26.0 Å². The van der Waals surface area contributed by atoms with Crippen molar-refractivity contribution in [2.24, 2.45) is 5.14 Å². The summed E-state index contributed by atoms with van der Waals surface area (Å²) in [5.74, 6) is 0. The second-order valence-electron chi connectivity index (χ2n) is 2.66. The summed E-state index contributed by atoms with van der Waals surface area (Å²) in [5, 5.41) is 4.90. The van der Waals surface area contributed by atoms with Crippen molar-refractivity contribution in [2.75, 3.05) is 7.05 Å². The van der Waals surface area contributed by atoms with E-state index in [0.29, 0.717) is 0 Å². The molecule has 0 radical (unpaired) electrons. The molecular formula is C7H11N3O2S. The van der Waals surface area contributed by atoms with Crippen molar-refractivity contribution in [3.63, 3.8) is 0 Å². The van der Waals surface area contributed by atoms with Gasteiger partial charge in [0.1, 0.15) is 0 Å². The van der Waals surface area contributed by atoms with Gasteiger partial charge in [0.25, 0.3) is 10.2 Å². The fraction of sp³-hybridized carbons (Fsp3) is 0.286. The molecule has 0 aromatic carbocycles. The Labute approximate surface area is 77.4 Å². The number of rotatable bonds is 3. The van der Waals surface area contributed by atoms with E-state index < -0.39 is 10.2 Å². The number of nitrogens with two attached hydrogens (primary N) is 1. The third-order valence-electron chi connectivity index (χ3n) is 1.56. The van der Waals surface area contributed by atoms with Gasteiger partial charge in [0.05, 0.1) is 0 Å². The largest absolute Gasteiger partial charge is 0.276 e. The molecule has 72 valence electrons. The van der Waals surface area contributed by atoms with Gasteiger partial charge in [-0.3, -0.25) is 4.98 Å². The van der Waals surface area contributed by atoms with Crippen LogP contribution in [0, 0.1) is 0 Å². The molecule has 13 heavy (non-hydrogen) atoms. The second-order valence-corrected chi connectivity index (χ2v) is 4.32. The van der Waals surface area contributed by atoms with E-state index in [4.69, 9.17) is 5.14 Å². The molecule has 0 saturated heterocycles. The van der Waals surface area contributed by atoms with Crippen LogP contribution in [0.25, 0.3) is 0 Å². The number of aromatic nitrogens is 1. The first-order valence-electron chi connectivity index (χ1n) is 3.63. The number of pyridine rings is 1. The highest BCUT2D eigenvalue weighted by atomic mass is 32.2. The minimum Gasteiger partial charge on any atom is -0.264 e. The van der Waals surface area contributed by atoms with E-state index in [-0.39, 0.29) is 6.54 Å². The van der Waals surface area contributed by atoms with Crippen LogP contribution in [0.1, 0.15) is 5.56 Å². The van der Waals surface area contributed by atoms with Crippen molar-refractivity contribution in [1.82, 2.24) is 9.29 Å². The Hall–Kier alpha value is -0.980. The molecule has 0 unspecified atom stereocenters. The molecule has 2 N–H and O–H groups in total. The summed E-state index contributed by atoms with van der Waals surface area (Å²) in [7, 11) is -2.18. The van der Waals surface area contributed by atoms with Gasteiger partial charge in [-0.15, -0.1) is 0 Å². The summed E-state index contributed by atoms with van der Waals surface area (Å²) in [6, 6.07) is 3.53. The van der Waals surface area contributed by atoms with Crippen LogP contribution < -0.4 is 5.14 Å². The van der Waals surface area contributed by atoms with Gasteiger partial charge in [0.2, 0.25) is 0 Å². The zero-order valence-corrected chi connectivity index (χ0v) is 8.03. The minimum atomic E-state index is -3.60. The van der Waals surface area contributed by atoms with Gasteiger partial charge < -0.3 is 0 Å². The maximum absolute atomic E-state index is 10.8. The molecule has 0 aliphatic rings. The lowest BCUT2D eigenvalue weighted by Crippen LogP contribution is -2.32. The van der Waals surface area contributed by atoms with Crippen molar-refractivity contribution in [3.8, 4) is 0 Å². The molecule has 0 atom stereocenters. The molecule has 6 heteroatoms. The Morgan fingerprint density at radius 2 is 2.31 bits per heavy atom. The molecule has 0 aliphatic carbocycles. The van der Waals surface area contributed by atoms with Crippen LogP contribution in [-0.2, 0) is 16.8 Å². The molecule has 0 saturated carbocycles.